The van der Waals surface area contributed by atoms with Gasteiger partial charge in [-0.05, 0) is 49.3 Å². The number of rotatable bonds is 2. The fraction of sp³-hybridized carbons (Fsp3) is 0.533. The molecule has 1 saturated carbocycles. The van der Waals surface area contributed by atoms with Crippen molar-refractivity contribution in [1.82, 2.24) is 4.98 Å². The number of hydrogen-bond donors (Lipinski definition) is 1. The molecule has 1 aliphatic rings. The Kier molecular flexibility index (Phi) is 3.68. The Balaban J connectivity index is 1.77. The van der Waals surface area contributed by atoms with Gasteiger partial charge in [-0.3, -0.25) is 0 Å². The molecular formula is C15H19ClN2S. The Hall–Kier alpha value is -0.800. The molecule has 0 saturated heterocycles. The quantitative estimate of drug-likeness (QED) is 0.825. The van der Waals surface area contributed by atoms with Crippen molar-refractivity contribution < 1.29 is 0 Å². The molecule has 0 aliphatic heterocycles. The predicted molar refractivity (Wildman–Crippen MR) is 84.2 cm³/mol. The van der Waals surface area contributed by atoms with Crippen LogP contribution in [-0.4, -0.2) is 11.0 Å². The molecule has 3 atom stereocenters. The van der Waals surface area contributed by atoms with E-state index in [0.717, 1.165) is 27.5 Å². The molecule has 102 valence electrons. The number of thiazole rings is 1. The zero-order valence-electron chi connectivity index (χ0n) is 11.3. The fourth-order valence-corrected chi connectivity index (χ4v) is 4.07. The van der Waals surface area contributed by atoms with E-state index in [9.17, 15) is 0 Å². The largest absolute Gasteiger partial charge is 0.358 e. The summed E-state index contributed by atoms with van der Waals surface area (Å²) in [6, 6.07) is 6.47. The van der Waals surface area contributed by atoms with Crippen molar-refractivity contribution in [2.24, 2.45) is 11.8 Å². The zero-order valence-corrected chi connectivity index (χ0v) is 12.9. The first-order valence-electron chi connectivity index (χ1n) is 6.94. The normalized spacial score (nSPS) is 27.6. The number of halogens is 1. The number of benzene rings is 1. The van der Waals surface area contributed by atoms with E-state index in [0.29, 0.717) is 6.04 Å². The number of anilines is 1. The molecule has 3 rings (SSSR count). The number of fused-ring (bicyclic) bond motifs is 1. The molecule has 0 amide bonds. The maximum atomic E-state index is 6.00. The molecule has 2 aromatic rings. The van der Waals surface area contributed by atoms with Crippen LogP contribution in [0.4, 0.5) is 5.13 Å². The number of nitrogens with one attached hydrogen (secondary N) is 1. The van der Waals surface area contributed by atoms with E-state index in [4.69, 9.17) is 11.6 Å². The van der Waals surface area contributed by atoms with Gasteiger partial charge in [-0.15, -0.1) is 0 Å². The summed E-state index contributed by atoms with van der Waals surface area (Å²) in [5, 5.41) is 5.41. The third-order valence-corrected chi connectivity index (χ3v) is 5.29. The second kappa shape index (κ2) is 5.29. The average molecular weight is 295 g/mol. The van der Waals surface area contributed by atoms with Crippen molar-refractivity contribution in [2.45, 2.75) is 39.2 Å². The lowest BCUT2D eigenvalue weighted by atomic mass is 9.80. The van der Waals surface area contributed by atoms with Crippen molar-refractivity contribution in [3.05, 3.63) is 23.2 Å². The molecule has 1 aromatic heterocycles. The average Bonchev–Trinajstić information content (AvgIpc) is 2.74. The summed E-state index contributed by atoms with van der Waals surface area (Å²) in [7, 11) is 0. The molecule has 19 heavy (non-hydrogen) atoms. The third-order valence-electron chi connectivity index (χ3n) is 4.09. The Labute approximate surface area is 123 Å². The van der Waals surface area contributed by atoms with Crippen LogP contribution in [0.5, 0.6) is 0 Å². The van der Waals surface area contributed by atoms with Crippen LogP contribution in [0.1, 0.15) is 33.1 Å². The van der Waals surface area contributed by atoms with Gasteiger partial charge in [0.1, 0.15) is 0 Å². The lowest BCUT2D eigenvalue weighted by Gasteiger charge is -2.33. The molecule has 3 unspecified atom stereocenters. The van der Waals surface area contributed by atoms with Crippen molar-refractivity contribution in [1.29, 1.82) is 0 Å². The summed E-state index contributed by atoms with van der Waals surface area (Å²) >= 11 is 7.72. The third kappa shape index (κ3) is 2.87. The van der Waals surface area contributed by atoms with Gasteiger partial charge >= 0.3 is 0 Å². The van der Waals surface area contributed by atoms with Crippen LogP contribution in [0.15, 0.2) is 18.2 Å². The Bertz CT molecular complexity index is 581. The smallest absolute Gasteiger partial charge is 0.184 e. The van der Waals surface area contributed by atoms with Crippen molar-refractivity contribution >= 4 is 38.3 Å². The Morgan fingerprint density at radius 2 is 2.16 bits per heavy atom. The predicted octanol–water partition coefficient (Wildman–Crippen LogP) is 5.19. The highest BCUT2D eigenvalue weighted by Crippen LogP contribution is 2.33. The first-order chi connectivity index (χ1) is 9.11. The minimum atomic E-state index is 0.562. The van der Waals surface area contributed by atoms with E-state index in [-0.39, 0.29) is 0 Å². The second-order valence-electron chi connectivity index (χ2n) is 5.78. The van der Waals surface area contributed by atoms with Gasteiger partial charge in [0.25, 0.3) is 0 Å². The summed E-state index contributed by atoms with van der Waals surface area (Å²) in [5.74, 6) is 1.58. The van der Waals surface area contributed by atoms with Gasteiger partial charge in [0.15, 0.2) is 5.13 Å². The van der Waals surface area contributed by atoms with Gasteiger partial charge < -0.3 is 5.32 Å². The van der Waals surface area contributed by atoms with Crippen LogP contribution >= 0.6 is 22.9 Å². The molecule has 1 aromatic carbocycles. The molecule has 1 N–H and O–H groups in total. The Morgan fingerprint density at radius 1 is 1.32 bits per heavy atom. The molecule has 1 fully saturated rings. The van der Waals surface area contributed by atoms with Crippen LogP contribution in [0, 0.1) is 11.8 Å². The van der Waals surface area contributed by atoms with Gasteiger partial charge in [0.2, 0.25) is 0 Å². The topological polar surface area (TPSA) is 24.9 Å². The van der Waals surface area contributed by atoms with Crippen LogP contribution < -0.4 is 5.32 Å². The minimum Gasteiger partial charge on any atom is -0.358 e. The van der Waals surface area contributed by atoms with E-state index in [1.807, 2.05) is 18.2 Å². The SMILES string of the molecule is CC1CCC(Nc2nc3cc(Cl)ccc3s2)C(C)C1. The maximum Gasteiger partial charge on any atom is 0.184 e. The zero-order chi connectivity index (χ0) is 13.4. The molecule has 2 nitrogen and oxygen atoms in total. The van der Waals surface area contributed by atoms with Crippen molar-refractivity contribution in [2.75, 3.05) is 5.32 Å². The summed E-state index contributed by atoms with van der Waals surface area (Å²) in [6.45, 7) is 4.70. The molecule has 0 spiro atoms. The van der Waals surface area contributed by atoms with E-state index < -0.39 is 0 Å². The monoisotopic (exact) mass is 294 g/mol. The molecule has 0 bridgehead atoms. The van der Waals surface area contributed by atoms with Crippen LogP contribution in [0.2, 0.25) is 5.02 Å². The van der Waals surface area contributed by atoms with Crippen molar-refractivity contribution in [3.63, 3.8) is 0 Å². The molecule has 0 radical (unpaired) electrons. The van der Waals surface area contributed by atoms with E-state index in [1.54, 1.807) is 11.3 Å². The first-order valence-corrected chi connectivity index (χ1v) is 8.14. The second-order valence-corrected chi connectivity index (χ2v) is 7.24. The minimum absolute atomic E-state index is 0.562. The van der Waals surface area contributed by atoms with Gasteiger partial charge in [-0.1, -0.05) is 36.8 Å². The summed E-state index contributed by atoms with van der Waals surface area (Å²) in [4.78, 5) is 4.64. The first kappa shape index (κ1) is 13.2. The molecule has 4 heteroatoms. The highest BCUT2D eigenvalue weighted by atomic mass is 35.5. The van der Waals surface area contributed by atoms with Gasteiger partial charge in [-0.25, -0.2) is 4.98 Å². The molecule has 1 heterocycles. The van der Waals surface area contributed by atoms with Gasteiger partial charge in [0, 0.05) is 11.1 Å². The number of hydrogen-bond acceptors (Lipinski definition) is 3. The molecule has 1 aliphatic carbocycles. The summed E-state index contributed by atoms with van der Waals surface area (Å²) in [5.41, 5.74) is 0.997. The van der Waals surface area contributed by atoms with Crippen LogP contribution in [0.3, 0.4) is 0 Å². The van der Waals surface area contributed by atoms with E-state index >= 15 is 0 Å². The van der Waals surface area contributed by atoms with E-state index in [1.165, 1.54) is 24.0 Å². The van der Waals surface area contributed by atoms with Crippen molar-refractivity contribution in [3.8, 4) is 0 Å². The number of aromatic nitrogens is 1. The van der Waals surface area contributed by atoms with E-state index in [2.05, 4.69) is 24.1 Å². The van der Waals surface area contributed by atoms with Crippen LogP contribution in [-0.2, 0) is 0 Å². The van der Waals surface area contributed by atoms with Gasteiger partial charge in [-0.2, -0.15) is 0 Å². The van der Waals surface area contributed by atoms with Crippen LogP contribution in [0.25, 0.3) is 10.2 Å². The molecular weight excluding hydrogens is 276 g/mol. The highest BCUT2D eigenvalue weighted by molar-refractivity contribution is 7.22. The Morgan fingerprint density at radius 3 is 2.95 bits per heavy atom. The summed E-state index contributed by atoms with van der Waals surface area (Å²) in [6.07, 6.45) is 3.88. The number of nitrogens with zero attached hydrogens (tertiary/aromatic N) is 1. The summed E-state index contributed by atoms with van der Waals surface area (Å²) < 4.78 is 1.20. The lowest BCUT2D eigenvalue weighted by molar-refractivity contribution is 0.276. The van der Waals surface area contributed by atoms with Gasteiger partial charge in [0.05, 0.1) is 10.2 Å². The lowest BCUT2D eigenvalue weighted by Crippen LogP contribution is -2.32. The standard InChI is InChI=1S/C15H19ClN2S/c1-9-3-5-12(10(2)7-9)17-15-18-13-8-11(16)4-6-14(13)19-15/h4,6,8-10,12H,3,5,7H2,1-2H3,(H,17,18). The maximum absolute atomic E-state index is 6.00. The highest BCUT2D eigenvalue weighted by Gasteiger charge is 2.25. The fourth-order valence-electron chi connectivity index (χ4n) is 3.00.